The van der Waals surface area contributed by atoms with E-state index in [0.717, 1.165) is 0 Å². The van der Waals surface area contributed by atoms with Crippen molar-refractivity contribution >= 4 is 53.9 Å². The molecule has 0 radical (unpaired) electrons. The maximum atomic E-state index is 2.35. The van der Waals surface area contributed by atoms with Crippen LogP contribution in [0.1, 0.15) is 0 Å². The van der Waals surface area contributed by atoms with Crippen LogP contribution in [0.4, 0.5) is 0 Å². The SMILES string of the molecule is c1ccc2c(c1)-c1cccc3c(-c4ccc5ccc6cccc7ccc4c5c67)c4ccccc4c-2c13. The summed E-state index contributed by atoms with van der Waals surface area (Å²) in [5.41, 5.74) is 8.09. The van der Waals surface area contributed by atoms with Gasteiger partial charge in [0.2, 0.25) is 0 Å². The molecule has 1 aliphatic carbocycles. The summed E-state index contributed by atoms with van der Waals surface area (Å²) in [4.78, 5) is 0. The molecule has 36 heavy (non-hydrogen) atoms. The van der Waals surface area contributed by atoms with E-state index in [1.54, 1.807) is 0 Å². The highest BCUT2D eigenvalue weighted by Gasteiger charge is 2.26. The minimum atomic E-state index is 1.31. The Kier molecular flexibility index (Phi) is 3.36. The molecule has 0 aromatic heterocycles. The summed E-state index contributed by atoms with van der Waals surface area (Å²) in [6, 6.07) is 45.2. The first-order valence-electron chi connectivity index (χ1n) is 12.6. The molecule has 0 saturated carbocycles. The number of fused-ring (bicyclic) bond motifs is 5. The molecule has 0 fully saturated rings. The van der Waals surface area contributed by atoms with Gasteiger partial charge in [-0.05, 0) is 87.2 Å². The Morgan fingerprint density at radius 1 is 0.250 bits per heavy atom. The fourth-order valence-corrected chi connectivity index (χ4v) is 6.91. The van der Waals surface area contributed by atoms with Gasteiger partial charge in [0.15, 0.2) is 0 Å². The molecule has 0 N–H and O–H groups in total. The van der Waals surface area contributed by atoms with E-state index in [1.807, 2.05) is 0 Å². The first-order chi connectivity index (χ1) is 17.9. The Balaban J connectivity index is 1.53. The van der Waals surface area contributed by atoms with Crippen LogP contribution >= 0.6 is 0 Å². The highest BCUT2D eigenvalue weighted by Crippen LogP contribution is 2.54. The Morgan fingerprint density at radius 2 is 0.833 bits per heavy atom. The zero-order valence-corrected chi connectivity index (χ0v) is 19.5. The van der Waals surface area contributed by atoms with Crippen molar-refractivity contribution in [2.45, 2.75) is 0 Å². The van der Waals surface area contributed by atoms with Gasteiger partial charge in [0.1, 0.15) is 0 Å². The van der Waals surface area contributed by atoms with Gasteiger partial charge in [0, 0.05) is 0 Å². The largest absolute Gasteiger partial charge is 0.0616 e. The molecule has 0 bridgehead atoms. The second-order valence-electron chi connectivity index (χ2n) is 10.0. The molecule has 1 aliphatic rings. The highest BCUT2D eigenvalue weighted by atomic mass is 14.3. The topological polar surface area (TPSA) is 0 Å². The Labute approximate surface area is 208 Å². The van der Waals surface area contributed by atoms with E-state index in [1.165, 1.54) is 87.2 Å². The molecule has 0 spiro atoms. The molecule has 0 aliphatic heterocycles. The van der Waals surface area contributed by atoms with Gasteiger partial charge in [-0.2, -0.15) is 0 Å². The molecule has 0 unspecified atom stereocenters. The predicted octanol–water partition coefficient (Wildman–Crippen LogP) is 10.2. The van der Waals surface area contributed by atoms with Crippen molar-refractivity contribution in [2.75, 3.05) is 0 Å². The van der Waals surface area contributed by atoms with E-state index in [4.69, 9.17) is 0 Å². The molecular formula is C36H20. The molecule has 8 aromatic carbocycles. The van der Waals surface area contributed by atoms with Gasteiger partial charge >= 0.3 is 0 Å². The average Bonchev–Trinajstić information content (AvgIpc) is 3.28. The normalized spacial score (nSPS) is 12.4. The standard InChI is InChI=1S/C36H20/c1-2-10-25-24(9-1)26-13-6-14-31-34(27-11-3-4-12-28(27)35(25)36(26)31)30-20-18-23-16-15-21-7-5-8-22-17-19-29(30)33(23)32(21)22/h1-20H. The fourth-order valence-electron chi connectivity index (χ4n) is 6.91. The number of hydrogen-bond donors (Lipinski definition) is 0. The minimum Gasteiger partial charge on any atom is -0.0616 e. The molecule has 0 heterocycles. The van der Waals surface area contributed by atoms with E-state index in [0.29, 0.717) is 0 Å². The number of benzene rings is 8. The lowest BCUT2D eigenvalue weighted by molar-refractivity contribution is 1.70. The van der Waals surface area contributed by atoms with Gasteiger partial charge in [-0.25, -0.2) is 0 Å². The van der Waals surface area contributed by atoms with E-state index >= 15 is 0 Å². The summed E-state index contributed by atoms with van der Waals surface area (Å²) in [5.74, 6) is 0. The van der Waals surface area contributed by atoms with E-state index in [-0.39, 0.29) is 0 Å². The summed E-state index contributed by atoms with van der Waals surface area (Å²) in [7, 11) is 0. The van der Waals surface area contributed by atoms with Gasteiger partial charge in [-0.1, -0.05) is 121 Å². The van der Waals surface area contributed by atoms with Crippen molar-refractivity contribution in [3.05, 3.63) is 121 Å². The minimum absolute atomic E-state index is 1.31. The first kappa shape index (κ1) is 18.6. The highest BCUT2D eigenvalue weighted by molar-refractivity contribution is 6.32. The van der Waals surface area contributed by atoms with Crippen LogP contribution < -0.4 is 0 Å². The van der Waals surface area contributed by atoms with Crippen LogP contribution in [-0.4, -0.2) is 0 Å². The molecule has 8 aromatic rings. The van der Waals surface area contributed by atoms with Crippen molar-refractivity contribution in [2.24, 2.45) is 0 Å². The summed E-state index contributed by atoms with van der Waals surface area (Å²) >= 11 is 0. The third-order valence-corrected chi connectivity index (χ3v) is 8.33. The Bertz CT molecular complexity index is 2180. The molecular weight excluding hydrogens is 432 g/mol. The average molecular weight is 453 g/mol. The molecule has 0 heteroatoms. The van der Waals surface area contributed by atoms with Crippen molar-refractivity contribution in [1.82, 2.24) is 0 Å². The number of hydrogen-bond acceptors (Lipinski definition) is 0. The van der Waals surface area contributed by atoms with Crippen LogP contribution in [0.2, 0.25) is 0 Å². The van der Waals surface area contributed by atoms with Gasteiger partial charge in [-0.3, -0.25) is 0 Å². The van der Waals surface area contributed by atoms with Crippen LogP contribution in [0.3, 0.4) is 0 Å². The summed E-state index contributed by atoms with van der Waals surface area (Å²) < 4.78 is 0. The van der Waals surface area contributed by atoms with E-state index in [9.17, 15) is 0 Å². The third-order valence-electron chi connectivity index (χ3n) is 8.33. The number of rotatable bonds is 1. The van der Waals surface area contributed by atoms with Crippen molar-refractivity contribution < 1.29 is 0 Å². The Morgan fingerprint density at radius 3 is 1.67 bits per heavy atom. The van der Waals surface area contributed by atoms with Crippen LogP contribution in [0.15, 0.2) is 121 Å². The second-order valence-corrected chi connectivity index (χ2v) is 10.0. The third kappa shape index (κ3) is 2.16. The maximum Gasteiger partial charge on any atom is -0.00137 e. The lowest BCUT2D eigenvalue weighted by atomic mass is 9.84. The zero-order valence-electron chi connectivity index (χ0n) is 19.5. The monoisotopic (exact) mass is 452 g/mol. The lowest BCUT2D eigenvalue weighted by Gasteiger charge is -2.18. The smallest absolute Gasteiger partial charge is 0.00137 e. The predicted molar refractivity (Wildman–Crippen MR) is 155 cm³/mol. The van der Waals surface area contributed by atoms with Crippen LogP contribution in [0, 0.1) is 0 Å². The van der Waals surface area contributed by atoms with Gasteiger partial charge in [0.05, 0.1) is 0 Å². The second kappa shape index (κ2) is 6.50. The maximum absolute atomic E-state index is 2.35. The first-order valence-corrected chi connectivity index (χ1v) is 12.6. The van der Waals surface area contributed by atoms with Crippen LogP contribution in [-0.2, 0) is 0 Å². The quantitative estimate of drug-likeness (QED) is 0.172. The lowest BCUT2D eigenvalue weighted by Crippen LogP contribution is -1.91. The van der Waals surface area contributed by atoms with Gasteiger partial charge in [0.25, 0.3) is 0 Å². The fraction of sp³-hybridized carbons (Fsp3) is 0. The zero-order chi connectivity index (χ0) is 23.4. The summed E-state index contributed by atoms with van der Waals surface area (Å²) in [5, 5.41) is 13.4. The molecule has 164 valence electrons. The molecule has 0 amide bonds. The van der Waals surface area contributed by atoms with Crippen LogP contribution in [0.5, 0.6) is 0 Å². The molecule has 0 atom stereocenters. The van der Waals surface area contributed by atoms with E-state index in [2.05, 4.69) is 121 Å². The summed E-state index contributed by atoms with van der Waals surface area (Å²) in [6.07, 6.45) is 0. The molecule has 0 saturated heterocycles. The Hall–Kier alpha value is -4.68. The molecule has 0 nitrogen and oxygen atoms in total. The molecule has 9 rings (SSSR count). The van der Waals surface area contributed by atoms with Crippen molar-refractivity contribution in [3.8, 4) is 33.4 Å². The van der Waals surface area contributed by atoms with Crippen molar-refractivity contribution in [3.63, 3.8) is 0 Å². The van der Waals surface area contributed by atoms with E-state index < -0.39 is 0 Å². The van der Waals surface area contributed by atoms with Gasteiger partial charge < -0.3 is 0 Å². The van der Waals surface area contributed by atoms with Gasteiger partial charge in [-0.15, -0.1) is 0 Å². The van der Waals surface area contributed by atoms with Crippen molar-refractivity contribution in [1.29, 1.82) is 0 Å². The summed E-state index contributed by atoms with van der Waals surface area (Å²) in [6.45, 7) is 0. The van der Waals surface area contributed by atoms with Crippen LogP contribution in [0.25, 0.3) is 87.2 Å².